The van der Waals surface area contributed by atoms with Gasteiger partial charge in [-0.2, -0.15) is 0 Å². The molecule has 9 heteroatoms. The second kappa shape index (κ2) is 15.7. The van der Waals surface area contributed by atoms with E-state index in [0.717, 1.165) is 35.3 Å². The number of aliphatic hydroxyl groups is 1. The minimum atomic E-state index is -3.52. The van der Waals surface area contributed by atoms with Crippen LogP contribution in [0, 0.1) is 6.92 Å². The molecule has 2 atom stereocenters. The predicted molar refractivity (Wildman–Crippen MR) is 148 cm³/mol. The Balaban J connectivity index is 2.02. The Morgan fingerprint density at radius 1 is 1.05 bits per heavy atom. The number of hydrogen-bond acceptors (Lipinski definition) is 6. The number of aliphatic hydroxyl groups excluding tert-OH is 1. The van der Waals surface area contributed by atoms with Crippen molar-refractivity contribution in [3.05, 3.63) is 65.2 Å². The van der Waals surface area contributed by atoms with Crippen LogP contribution in [0.4, 0.5) is 0 Å². The molecule has 0 heterocycles. The molecular weight excluding hydrogens is 490 g/mol. The number of aryl methyl sites for hydroxylation is 1. The van der Waals surface area contributed by atoms with E-state index >= 15 is 0 Å². The van der Waals surface area contributed by atoms with Crippen LogP contribution in [0.15, 0.2) is 48.5 Å². The Labute approximate surface area is 222 Å². The molecule has 0 saturated carbocycles. The van der Waals surface area contributed by atoms with Gasteiger partial charge in [0, 0.05) is 32.6 Å². The van der Waals surface area contributed by atoms with Crippen molar-refractivity contribution in [1.29, 1.82) is 0 Å². The van der Waals surface area contributed by atoms with Crippen molar-refractivity contribution in [1.82, 2.24) is 14.9 Å². The highest BCUT2D eigenvalue weighted by Gasteiger charge is 2.25. The first-order valence-corrected chi connectivity index (χ1v) is 14.6. The fourth-order valence-electron chi connectivity index (χ4n) is 4.07. The molecule has 0 fully saturated rings. The number of amides is 1. The highest BCUT2D eigenvalue weighted by molar-refractivity contribution is 7.89. The van der Waals surface area contributed by atoms with Crippen molar-refractivity contribution in [3.8, 4) is 5.75 Å². The van der Waals surface area contributed by atoms with Gasteiger partial charge in [0.1, 0.15) is 5.75 Å². The maximum absolute atomic E-state index is 12.8. The van der Waals surface area contributed by atoms with Gasteiger partial charge in [0.2, 0.25) is 15.9 Å². The van der Waals surface area contributed by atoms with E-state index in [1.165, 1.54) is 4.31 Å². The van der Waals surface area contributed by atoms with Gasteiger partial charge in [-0.05, 0) is 49.4 Å². The highest BCUT2D eigenvalue weighted by atomic mass is 32.2. The van der Waals surface area contributed by atoms with Gasteiger partial charge in [-0.15, -0.1) is 0 Å². The number of sulfonamides is 1. The normalized spacial score (nSPS) is 13.4. The van der Waals surface area contributed by atoms with E-state index in [-0.39, 0.29) is 24.6 Å². The minimum absolute atomic E-state index is 0.152. The number of ether oxygens (including phenoxy) is 1. The van der Waals surface area contributed by atoms with Crippen molar-refractivity contribution < 1.29 is 23.1 Å². The molecule has 206 valence electrons. The zero-order valence-electron chi connectivity index (χ0n) is 22.6. The average Bonchev–Trinajstić information content (AvgIpc) is 2.88. The van der Waals surface area contributed by atoms with Gasteiger partial charge >= 0.3 is 0 Å². The number of nitrogens with one attached hydrogen (secondary N) is 2. The van der Waals surface area contributed by atoms with E-state index in [4.69, 9.17) is 4.74 Å². The third-order valence-corrected chi connectivity index (χ3v) is 8.00. The van der Waals surface area contributed by atoms with Crippen LogP contribution in [0.1, 0.15) is 49.8 Å². The maximum atomic E-state index is 12.8. The predicted octanol–water partition coefficient (Wildman–Crippen LogP) is 3.02. The van der Waals surface area contributed by atoms with Gasteiger partial charge in [0.15, 0.2) is 0 Å². The Morgan fingerprint density at radius 3 is 2.35 bits per heavy atom. The molecule has 0 aromatic heterocycles. The molecule has 2 aromatic carbocycles. The molecule has 0 bridgehead atoms. The number of carbonyl (C=O) groups excluding carboxylic acids is 1. The third kappa shape index (κ3) is 10.8. The minimum Gasteiger partial charge on any atom is -0.497 e. The summed E-state index contributed by atoms with van der Waals surface area (Å²) in [7, 11) is -1.91. The van der Waals surface area contributed by atoms with Gasteiger partial charge < -0.3 is 20.5 Å². The van der Waals surface area contributed by atoms with E-state index in [1.807, 2.05) is 69.3 Å². The van der Waals surface area contributed by atoms with Crippen molar-refractivity contribution in [3.63, 3.8) is 0 Å². The molecule has 1 amide bonds. The van der Waals surface area contributed by atoms with Crippen LogP contribution in [0.25, 0.3) is 0 Å². The summed E-state index contributed by atoms with van der Waals surface area (Å²) in [5.74, 6) is 0.122. The monoisotopic (exact) mass is 533 g/mol. The second-order valence-corrected chi connectivity index (χ2v) is 11.5. The molecule has 0 saturated heterocycles. The van der Waals surface area contributed by atoms with Crippen LogP contribution in [-0.4, -0.2) is 68.4 Å². The number of nitrogens with zero attached hydrogens (tertiary/aromatic N) is 1. The number of methoxy groups -OCH3 is 1. The lowest BCUT2D eigenvalue weighted by Gasteiger charge is -2.25. The van der Waals surface area contributed by atoms with E-state index in [1.54, 1.807) is 7.11 Å². The van der Waals surface area contributed by atoms with Crippen LogP contribution in [0.3, 0.4) is 0 Å². The fourth-order valence-corrected chi connectivity index (χ4v) is 5.69. The van der Waals surface area contributed by atoms with Gasteiger partial charge in [-0.1, -0.05) is 55.8 Å². The first-order chi connectivity index (χ1) is 17.7. The first kappa shape index (κ1) is 30.8. The maximum Gasteiger partial charge on any atom is 0.221 e. The molecule has 37 heavy (non-hydrogen) atoms. The summed E-state index contributed by atoms with van der Waals surface area (Å²) < 4.78 is 32.2. The number of benzene rings is 2. The molecule has 0 aliphatic rings. The average molecular weight is 534 g/mol. The highest BCUT2D eigenvalue weighted by Crippen LogP contribution is 2.13. The Bertz CT molecular complexity index is 1050. The van der Waals surface area contributed by atoms with E-state index in [2.05, 4.69) is 10.6 Å². The number of hydrogen-bond donors (Lipinski definition) is 3. The number of rotatable bonds is 17. The summed E-state index contributed by atoms with van der Waals surface area (Å²) in [5, 5.41) is 17.1. The fraction of sp³-hybridized carbons (Fsp3) is 0.536. The second-order valence-electron chi connectivity index (χ2n) is 9.38. The van der Waals surface area contributed by atoms with Crippen LogP contribution in [0.2, 0.25) is 0 Å². The standard InChI is InChI=1S/C28H43N3O5S/c1-5-15-31(16-6-2)37(34,35)17-14-28(33)30-26(19-23-12-10-22(3)11-13-23)27(32)21-29-20-24-8-7-9-25(18-24)36-4/h7-13,18,26-27,29,32H,5-6,14-17,19-21H2,1-4H3,(H,30,33)/t26-,27+/m1/s1. The molecule has 0 unspecified atom stereocenters. The molecule has 8 nitrogen and oxygen atoms in total. The summed E-state index contributed by atoms with van der Waals surface area (Å²) in [6.07, 6.45) is 0.848. The zero-order valence-corrected chi connectivity index (χ0v) is 23.4. The van der Waals surface area contributed by atoms with Gasteiger partial charge in [0.05, 0.1) is 25.0 Å². The van der Waals surface area contributed by atoms with Crippen molar-refractivity contribution in [2.24, 2.45) is 0 Å². The summed E-state index contributed by atoms with van der Waals surface area (Å²) in [6, 6.07) is 15.0. The van der Waals surface area contributed by atoms with Crippen molar-refractivity contribution in [2.45, 2.75) is 65.1 Å². The van der Waals surface area contributed by atoms with E-state index < -0.39 is 22.2 Å². The SMILES string of the molecule is CCCN(CCC)S(=O)(=O)CCC(=O)N[C@H](Cc1ccc(C)cc1)[C@@H](O)CNCc1cccc(OC)c1. The largest absolute Gasteiger partial charge is 0.497 e. The molecule has 3 N–H and O–H groups in total. The smallest absolute Gasteiger partial charge is 0.221 e. The van der Waals surface area contributed by atoms with Crippen LogP contribution in [-0.2, 0) is 27.8 Å². The summed E-state index contributed by atoms with van der Waals surface area (Å²) in [4.78, 5) is 12.8. The van der Waals surface area contributed by atoms with Gasteiger partial charge in [0.25, 0.3) is 0 Å². The molecule has 2 aromatic rings. The van der Waals surface area contributed by atoms with Crippen LogP contribution >= 0.6 is 0 Å². The third-order valence-electron chi connectivity index (χ3n) is 6.13. The lowest BCUT2D eigenvalue weighted by molar-refractivity contribution is -0.122. The Kier molecular flexibility index (Phi) is 13.1. The summed E-state index contributed by atoms with van der Waals surface area (Å²) in [5.41, 5.74) is 3.12. The topological polar surface area (TPSA) is 108 Å². The van der Waals surface area contributed by atoms with Crippen molar-refractivity contribution >= 4 is 15.9 Å². The lowest BCUT2D eigenvalue weighted by Crippen LogP contribution is -2.49. The van der Waals surface area contributed by atoms with Crippen LogP contribution in [0.5, 0.6) is 5.75 Å². The molecule has 0 aliphatic carbocycles. The molecule has 2 rings (SSSR count). The van der Waals surface area contributed by atoms with Gasteiger partial charge in [-0.3, -0.25) is 4.79 Å². The van der Waals surface area contributed by atoms with E-state index in [9.17, 15) is 18.3 Å². The van der Waals surface area contributed by atoms with Gasteiger partial charge in [-0.25, -0.2) is 12.7 Å². The Morgan fingerprint density at radius 2 is 1.73 bits per heavy atom. The lowest BCUT2D eigenvalue weighted by atomic mass is 10.00. The molecule has 0 radical (unpaired) electrons. The Hall–Kier alpha value is -2.46. The summed E-state index contributed by atoms with van der Waals surface area (Å²) in [6.45, 7) is 7.56. The molecule has 0 aliphatic heterocycles. The van der Waals surface area contributed by atoms with Crippen molar-refractivity contribution in [2.75, 3.05) is 32.5 Å². The summed E-state index contributed by atoms with van der Waals surface area (Å²) >= 11 is 0. The first-order valence-electron chi connectivity index (χ1n) is 13.0. The number of carbonyl (C=O) groups is 1. The molecule has 0 spiro atoms. The quantitative estimate of drug-likeness (QED) is 0.289. The molecular formula is C28H43N3O5S. The van der Waals surface area contributed by atoms with E-state index in [0.29, 0.717) is 26.1 Å². The zero-order chi connectivity index (χ0) is 27.3. The van der Waals surface area contributed by atoms with Crippen LogP contribution < -0.4 is 15.4 Å².